The first kappa shape index (κ1) is 12.4. The van der Waals surface area contributed by atoms with E-state index in [-0.39, 0.29) is 5.41 Å². The first-order chi connectivity index (χ1) is 9.28. The Labute approximate surface area is 113 Å². The second-order valence-corrected chi connectivity index (χ2v) is 5.57. The summed E-state index contributed by atoms with van der Waals surface area (Å²) in [7, 11) is 0. The average Bonchev–Trinajstić information content (AvgIpc) is 2.90. The Hall–Kier alpha value is -1.68. The van der Waals surface area contributed by atoms with Crippen molar-refractivity contribution in [3.8, 4) is 0 Å². The molecule has 0 saturated carbocycles. The van der Waals surface area contributed by atoms with Gasteiger partial charge in [0.1, 0.15) is 0 Å². The van der Waals surface area contributed by atoms with Gasteiger partial charge in [0.25, 0.3) is 0 Å². The lowest BCUT2D eigenvalue weighted by Crippen LogP contribution is -2.39. The zero-order valence-corrected chi connectivity index (χ0v) is 11.3. The van der Waals surface area contributed by atoms with Gasteiger partial charge in [0, 0.05) is 36.2 Å². The Bertz CT molecular complexity index is 526. The normalized spacial score (nSPS) is 18.4. The molecule has 0 aromatic carbocycles. The van der Waals surface area contributed by atoms with Gasteiger partial charge in [-0.05, 0) is 43.6 Å². The van der Waals surface area contributed by atoms with Crippen LogP contribution in [0, 0.1) is 0 Å². The van der Waals surface area contributed by atoms with Crippen molar-refractivity contribution in [2.45, 2.75) is 31.7 Å². The van der Waals surface area contributed by atoms with Gasteiger partial charge < -0.3 is 9.88 Å². The van der Waals surface area contributed by atoms with Crippen LogP contribution in [0.4, 0.5) is 0 Å². The summed E-state index contributed by atoms with van der Waals surface area (Å²) in [4.78, 5) is 8.43. The van der Waals surface area contributed by atoms with Gasteiger partial charge in [-0.3, -0.25) is 4.98 Å². The number of nitrogens with one attached hydrogen (secondary N) is 1. The molecular weight excluding hydrogens is 236 g/mol. The quantitative estimate of drug-likeness (QED) is 0.913. The fraction of sp³-hybridized carbons (Fsp3) is 0.467. The standard InChI is InChI=1S/C15H20N4/c1-15(4-8-17-9-5-15)14-10-18-12-19(14)11-13-2-6-16-7-3-13/h2-3,6-7,10,12,17H,4-5,8-9,11H2,1H3. The van der Waals surface area contributed by atoms with Crippen molar-refractivity contribution in [2.24, 2.45) is 0 Å². The molecule has 0 spiro atoms. The molecule has 2 aromatic heterocycles. The fourth-order valence-electron chi connectivity index (χ4n) is 2.87. The van der Waals surface area contributed by atoms with Crippen molar-refractivity contribution in [2.75, 3.05) is 13.1 Å². The highest BCUT2D eigenvalue weighted by atomic mass is 15.1. The van der Waals surface area contributed by atoms with Gasteiger partial charge in [-0.2, -0.15) is 0 Å². The second-order valence-electron chi connectivity index (χ2n) is 5.57. The van der Waals surface area contributed by atoms with Crippen LogP contribution < -0.4 is 5.32 Å². The zero-order valence-electron chi connectivity index (χ0n) is 11.3. The van der Waals surface area contributed by atoms with Crippen LogP contribution in [0.5, 0.6) is 0 Å². The molecule has 4 nitrogen and oxygen atoms in total. The van der Waals surface area contributed by atoms with E-state index in [4.69, 9.17) is 0 Å². The highest BCUT2D eigenvalue weighted by molar-refractivity contribution is 5.18. The molecule has 0 radical (unpaired) electrons. The van der Waals surface area contributed by atoms with E-state index in [2.05, 4.69) is 38.9 Å². The van der Waals surface area contributed by atoms with Crippen molar-refractivity contribution in [1.82, 2.24) is 19.9 Å². The number of imidazole rings is 1. The van der Waals surface area contributed by atoms with Crippen molar-refractivity contribution in [3.63, 3.8) is 0 Å². The van der Waals surface area contributed by atoms with Crippen molar-refractivity contribution < 1.29 is 0 Å². The summed E-state index contributed by atoms with van der Waals surface area (Å²) in [5.74, 6) is 0. The van der Waals surface area contributed by atoms with E-state index in [1.54, 1.807) is 0 Å². The lowest BCUT2D eigenvalue weighted by atomic mass is 9.78. The summed E-state index contributed by atoms with van der Waals surface area (Å²) in [6.07, 6.45) is 10.0. The van der Waals surface area contributed by atoms with Gasteiger partial charge in [0.05, 0.1) is 6.33 Å². The molecule has 3 heterocycles. The smallest absolute Gasteiger partial charge is 0.0951 e. The topological polar surface area (TPSA) is 42.7 Å². The molecular formula is C15H20N4. The SMILES string of the molecule is CC1(c2cncn2Cc2ccncc2)CCNCC1. The fourth-order valence-corrected chi connectivity index (χ4v) is 2.87. The predicted octanol–water partition coefficient (Wildman–Crippen LogP) is 1.97. The van der Waals surface area contributed by atoms with Crippen LogP contribution in [0.15, 0.2) is 37.1 Å². The molecule has 0 bridgehead atoms. The van der Waals surface area contributed by atoms with Crippen molar-refractivity contribution in [3.05, 3.63) is 48.3 Å². The highest BCUT2D eigenvalue weighted by Gasteiger charge is 2.31. The summed E-state index contributed by atoms with van der Waals surface area (Å²) in [6.45, 7) is 5.42. The molecule has 1 aliphatic rings. The first-order valence-corrected chi connectivity index (χ1v) is 6.88. The van der Waals surface area contributed by atoms with E-state index in [9.17, 15) is 0 Å². The average molecular weight is 256 g/mol. The third-order valence-electron chi connectivity index (χ3n) is 4.14. The Kier molecular flexibility index (Phi) is 3.34. The van der Waals surface area contributed by atoms with E-state index in [0.717, 1.165) is 19.6 Å². The van der Waals surface area contributed by atoms with Crippen molar-refractivity contribution in [1.29, 1.82) is 0 Å². The molecule has 0 aliphatic carbocycles. The first-order valence-electron chi connectivity index (χ1n) is 6.88. The van der Waals surface area contributed by atoms with E-state index in [0.29, 0.717) is 0 Å². The van der Waals surface area contributed by atoms with Crippen LogP contribution >= 0.6 is 0 Å². The number of nitrogens with zero attached hydrogens (tertiary/aromatic N) is 3. The van der Waals surface area contributed by atoms with Gasteiger partial charge in [-0.15, -0.1) is 0 Å². The summed E-state index contributed by atoms with van der Waals surface area (Å²) in [5.41, 5.74) is 2.87. The molecule has 0 unspecified atom stereocenters. The van der Waals surface area contributed by atoms with E-state index in [1.807, 2.05) is 24.9 Å². The molecule has 1 N–H and O–H groups in total. The molecule has 19 heavy (non-hydrogen) atoms. The third kappa shape index (κ3) is 2.54. The largest absolute Gasteiger partial charge is 0.330 e. The summed E-state index contributed by atoms with van der Waals surface area (Å²) >= 11 is 0. The zero-order chi connectivity index (χ0) is 13.1. The van der Waals surface area contributed by atoms with Gasteiger partial charge in [0.2, 0.25) is 0 Å². The maximum absolute atomic E-state index is 4.37. The van der Waals surface area contributed by atoms with Gasteiger partial charge >= 0.3 is 0 Å². The van der Waals surface area contributed by atoms with E-state index < -0.39 is 0 Å². The van der Waals surface area contributed by atoms with E-state index in [1.165, 1.54) is 24.1 Å². The molecule has 3 rings (SSSR count). The summed E-state index contributed by atoms with van der Waals surface area (Å²) in [6, 6.07) is 4.13. The van der Waals surface area contributed by atoms with Crippen LogP contribution in [0.1, 0.15) is 31.0 Å². The number of hydrogen-bond acceptors (Lipinski definition) is 3. The van der Waals surface area contributed by atoms with Crippen LogP contribution in [0.2, 0.25) is 0 Å². The minimum atomic E-state index is 0.245. The Morgan fingerprint density at radius 3 is 2.68 bits per heavy atom. The second kappa shape index (κ2) is 5.13. The van der Waals surface area contributed by atoms with Gasteiger partial charge in [-0.1, -0.05) is 6.92 Å². The highest BCUT2D eigenvalue weighted by Crippen LogP contribution is 2.32. The number of rotatable bonds is 3. The van der Waals surface area contributed by atoms with Gasteiger partial charge in [-0.25, -0.2) is 4.98 Å². The van der Waals surface area contributed by atoms with Crippen molar-refractivity contribution >= 4 is 0 Å². The maximum atomic E-state index is 4.37. The monoisotopic (exact) mass is 256 g/mol. The molecule has 1 aliphatic heterocycles. The van der Waals surface area contributed by atoms with Crippen LogP contribution in [-0.2, 0) is 12.0 Å². The van der Waals surface area contributed by atoms with Crippen LogP contribution in [-0.4, -0.2) is 27.6 Å². The Balaban J connectivity index is 1.86. The molecule has 0 atom stereocenters. The molecule has 100 valence electrons. The maximum Gasteiger partial charge on any atom is 0.0951 e. The summed E-state index contributed by atoms with van der Waals surface area (Å²) in [5, 5.41) is 3.43. The molecule has 1 fully saturated rings. The number of piperidine rings is 1. The number of pyridine rings is 1. The predicted molar refractivity (Wildman–Crippen MR) is 75.0 cm³/mol. The number of hydrogen-bond donors (Lipinski definition) is 1. The molecule has 1 saturated heterocycles. The van der Waals surface area contributed by atoms with Crippen LogP contribution in [0.25, 0.3) is 0 Å². The minimum absolute atomic E-state index is 0.245. The lowest BCUT2D eigenvalue weighted by molar-refractivity contribution is 0.318. The molecule has 2 aromatic rings. The number of aromatic nitrogens is 3. The Morgan fingerprint density at radius 2 is 1.95 bits per heavy atom. The molecule has 4 heteroatoms. The van der Waals surface area contributed by atoms with Crippen LogP contribution in [0.3, 0.4) is 0 Å². The van der Waals surface area contributed by atoms with E-state index >= 15 is 0 Å². The minimum Gasteiger partial charge on any atom is -0.330 e. The van der Waals surface area contributed by atoms with Gasteiger partial charge in [0.15, 0.2) is 0 Å². The lowest BCUT2D eigenvalue weighted by Gasteiger charge is -2.34. The summed E-state index contributed by atoms with van der Waals surface area (Å²) < 4.78 is 2.28. The Morgan fingerprint density at radius 1 is 1.21 bits per heavy atom. The third-order valence-corrected chi connectivity index (χ3v) is 4.14. The molecule has 0 amide bonds.